The first-order valence-electron chi connectivity index (χ1n) is 10.0. The van der Waals surface area contributed by atoms with E-state index in [9.17, 15) is 0 Å². The third-order valence-electron chi connectivity index (χ3n) is 4.97. The summed E-state index contributed by atoms with van der Waals surface area (Å²) in [4.78, 5) is 2.23. The largest absolute Gasteiger partial charge is 0.544 e. The number of likely N-dealkylation sites (N-methyl/N-ethyl adjacent to an activating group) is 1. The molecule has 1 rings (SSSR count). The summed E-state index contributed by atoms with van der Waals surface area (Å²) >= 11 is 0. The molecule has 0 aliphatic heterocycles. The second kappa shape index (κ2) is 9.63. The van der Waals surface area contributed by atoms with Crippen molar-refractivity contribution in [1.29, 1.82) is 0 Å². The van der Waals surface area contributed by atoms with Gasteiger partial charge in [-0.3, -0.25) is 4.90 Å². The van der Waals surface area contributed by atoms with Crippen LogP contribution in [0, 0.1) is 17.3 Å². The van der Waals surface area contributed by atoms with Crippen LogP contribution in [0.2, 0.25) is 18.1 Å². The summed E-state index contributed by atoms with van der Waals surface area (Å²) in [5.41, 5.74) is 2.31. The topological polar surface area (TPSA) is 12.5 Å². The van der Waals surface area contributed by atoms with E-state index in [1.54, 1.807) is 0 Å². The maximum atomic E-state index is 6.36. The molecule has 3 heteroatoms. The normalized spacial score (nSPS) is 12.8. The summed E-state index contributed by atoms with van der Waals surface area (Å²) < 4.78 is 6.36. The van der Waals surface area contributed by atoms with Crippen LogP contribution in [0.15, 0.2) is 43.0 Å². The molecule has 154 valence electrons. The Balaban J connectivity index is 2.61. The number of nitrogens with zero attached hydrogens (tertiary/aromatic N) is 1. The van der Waals surface area contributed by atoms with Crippen molar-refractivity contribution in [3.63, 3.8) is 0 Å². The molecule has 0 saturated heterocycles. The van der Waals surface area contributed by atoms with E-state index >= 15 is 0 Å². The Morgan fingerprint density at radius 3 is 2.18 bits per heavy atom. The maximum absolute atomic E-state index is 6.36. The van der Waals surface area contributed by atoms with Gasteiger partial charge >= 0.3 is 0 Å². The SMILES string of the molecule is C=C(CN(C)C/C=C/C#CC(C)(C)C)c1ccc(O[Si](C)(C)C(C)(C)C)cc1. The number of hydrogen-bond donors (Lipinski definition) is 0. The molecule has 0 aliphatic carbocycles. The number of rotatable bonds is 7. The molecule has 0 unspecified atom stereocenters. The zero-order chi connectivity index (χ0) is 21.6. The Morgan fingerprint density at radius 1 is 1.11 bits per heavy atom. The number of benzene rings is 1. The number of hydrogen-bond acceptors (Lipinski definition) is 2. The smallest absolute Gasteiger partial charge is 0.250 e. The van der Waals surface area contributed by atoms with Crippen LogP contribution in [0.4, 0.5) is 0 Å². The quantitative estimate of drug-likeness (QED) is 0.378. The van der Waals surface area contributed by atoms with Gasteiger partial charge < -0.3 is 4.43 Å². The van der Waals surface area contributed by atoms with Gasteiger partial charge in [-0.15, -0.1) is 0 Å². The highest BCUT2D eigenvalue weighted by molar-refractivity contribution is 6.74. The van der Waals surface area contributed by atoms with Gasteiger partial charge in [-0.05, 0) is 75.3 Å². The summed E-state index contributed by atoms with van der Waals surface area (Å²) in [6, 6.07) is 8.37. The van der Waals surface area contributed by atoms with E-state index in [0.717, 1.165) is 30.0 Å². The molecule has 0 radical (unpaired) electrons. The van der Waals surface area contributed by atoms with Crippen LogP contribution in [-0.4, -0.2) is 33.4 Å². The summed E-state index contributed by atoms with van der Waals surface area (Å²) in [5, 5.41) is 0.197. The van der Waals surface area contributed by atoms with Crippen LogP contribution in [0.3, 0.4) is 0 Å². The molecule has 0 heterocycles. The molecular formula is C25H39NOSi. The first-order valence-corrected chi connectivity index (χ1v) is 13.0. The van der Waals surface area contributed by atoms with Gasteiger partial charge in [0.25, 0.3) is 0 Å². The van der Waals surface area contributed by atoms with E-state index in [4.69, 9.17) is 4.43 Å². The molecular weight excluding hydrogens is 358 g/mol. The van der Waals surface area contributed by atoms with Crippen LogP contribution in [0.5, 0.6) is 5.75 Å². The fourth-order valence-electron chi connectivity index (χ4n) is 2.24. The average Bonchev–Trinajstić information content (AvgIpc) is 2.52. The van der Waals surface area contributed by atoms with Crippen molar-refractivity contribution in [2.45, 2.75) is 59.7 Å². The van der Waals surface area contributed by atoms with E-state index in [-0.39, 0.29) is 10.5 Å². The van der Waals surface area contributed by atoms with Crippen molar-refractivity contribution in [2.75, 3.05) is 20.1 Å². The Hall–Kier alpha value is -1.76. The molecule has 0 aromatic heterocycles. The van der Waals surface area contributed by atoms with Crippen molar-refractivity contribution in [2.24, 2.45) is 5.41 Å². The van der Waals surface area contributed by atoms with Gasteiger partial charge in [-0.1, -0.05) is 57.4 Å². The van der Waals surface area contributed by atoms with Crippen LogP contribution >= 0.6 is 0 Å². The Morgan fingerprint density at radius 2 is 1.68 bits per heavy atom. The van der Waals surface area contributed by atoms with Gasteiger partial charge in [0, 0.05) is 18.5 Å². The Bertz CT molecular complexity index is 734. The van der Waals surface area contributed by atoms with E-state index in [0.29, 0.717) is 0 Å². The van der Waals surface area contributed by atoms with Gasteiger partial charge in [-0.2, -0.15) is 0 Å². The highest BCUT2D eigenvalue weighted by Crippen LogP contribution is 2.37. The van der Waals surface area contributed by atoms with Gasteiger partial charge in [0.15, 0.2) is 0 Å². The van der Waals surface area contributed by atoms with Crippen LogP contribution in [0.25, 0.3) is 5.57 Å². The van der Waals surface area contributed by atoms with Crippen LogP contribution in [-0.2, 0) is 0 Å². The molecule has 0 N–H and O–H groups in total. The molecule has 2 nitrogen and oxygen atoms in total. The minimum Gasteiger partial charge on any atom is -0.544 e. The van der Waals surface area contributed by atoms with Crippen molar-refractivity contribution in [3.8, 4) is 17.6 Å². The molecule has 0 spiro atoms. The van der Waals surface area contributed by atoms with Crippen LogP contribution < -0.4 is 4.43 Å². The minimum atomic E-state index is -1.80. The minimum absolute atomic E-state index is 0.0466. The lowest BCUT2D eigenvalue weighted by Crippen LogP contribution is -2.43. The molecule has 0 aliphatic rings. The molecule has 1 aromatic rings. The first kappa shape index (κ1) is 24.3. The van der Waals surface area contributed by atoms with Crippen LogP contribution in [0.1, 0.15) is 47.1 Å². The summed E-state index contributed by atoms with van der Waals surface area (Å²) in [6.45, 7) is 23.6. The highest BCUT2D eigenvalue weighted by atomic mass is 28.4. The lowest BCUT2D eigenvalue weighted by atomic mass is 9.98. The zero-order valence-electron chi connectivity index (χ0n) is 19.4. The highest BCUT2D eigenvalue weighted by Gasteiger charge is 2.38. The lowest BCUT2D eigenvalue weighted by Gasteiger charge is -2.36. The molecule has 0 fully saturated rings. The van der Waals surface area contributed by atoms with Gasteiger partial charge in [0.05, 0.1) is 0 Å². The molecule has 1 aromatic carbocycles. The van der Waals surface area contributed by atoms with Crippen molar-refractivity contribution < 1.29 is 4.43 Å². The monoisotopic (exact) mass is 397 g/mol. The fourth-order valence-corrected chi connectivity index (χ4v) is 3.27. The lowest BCUT2D eigenvalue weighted by molar-refractivity contribution is 0.419. The number of allylic oxidation sites excluding steroid dienone is 1. The molecule has 0 amide bonds. The summed E-state index contributed by atoms with van der Waals surface area (Å²) in [5.74, 6) is 7.28. The fraction of sp³-hybridized carbons (Fsp3) is 0.520. The predicted octanol–water partition coefficient (Wildman–Crippen LogP) is 6.62. The first-order chi connectivity index (χ1) is 12.7. The second-order valence-corrected chi connectivity index (χ2v) is 14.8. The van der Waals surface area contributed by atoms with E-state index in [1.165, 1.54) is 0 Å². The van der Waals surface area contributed by atoms with Crippen molar-refractivity contribution in [1.82, 2.24) is 4.90 Å². The third kappa shape index (κ3) is 8.50. The second-order valence-electron chi connectivity index (χ2n) is 10.1. The molecule has 0 saturated carbocycles. The standard InChI is InChI=1S/C25H39NOSi/c1-21(20-26(8)19-13-11-12-18-24(2,3)4)22-14-16-23(17-15-22)27-28(9,10)25(5,6)7/h11,13-17H,1,19-20H2,2-10H3/b13-11+. The zero-order valence-corrected chi connectivity index (χ0v) is 20.4. The molecule has 28 heavy (non-hydrogen) atoms. The van der Waals surface area contributed by atoms with E-state index < -0.39 is 8.32 Å². The summed E-state index contributed by atoms with van der Waals surface area (Å²) in [6.07, 6.45) is 4.04. The predicted molar refractivity (Wildman–Crippen MR) is 127 cm³/mol. The molecule has 0 bridgehead atoms. The van der Waals surface area contributed by atoms with Crippen molar-refractivity contribution in [3.05, 3.63) is 48.6 Å². The third-order valence-corrected chi connectivity index (χ3v) is 9.33. The van der Waals surface area contributed by atoms with Gasteiger partial charge in [-0.25, -0.2) is 0 Å². The molecule has 0 atom stereocenters. The summed E-state index contributed by atoms with van der Waals surface area (Å²) in [7, 11) is 0.299. The van der Waals surface area contributed by atoms with Crippen molar-refractivity contribution >= 4 is 13.9 Å². The van der Waals surface area contributed by atoms with E-state index in [2.05, 4.69) is 115 Å². The Kier molecular flexibility index (Phi) is 8.35. The van der Waals surface area contributed by atoms with Gasteiger partial charge in [0.2, 0.25) is 8.32 Å². The van der Waals surface area contributed by atoms with Gasteiger partial charge in [0.1, 0.15) is 5.75 Å². The maximum Gasteiger partial charge on any atom is 0.250 e. The van der Waals surface area contributed by atoms with E-state index in [1.807, 2.05) is 6.08 Å². The Labute approximate surface area is 174 Å². The average molecular weight is 398 g/mol.